The summed E-state index contributed by atoms with van der Waals surface area (Å²) in [4.78, 5) is 7.16. The average Bonchev–Trinajstić information content (AvgIpc) is 2.71. The number of nitrogens with zero attached hydrogens (tertiary/aromatic N) is 2. The molecule has 0 bridgehead atoms. The van der Waals surface area contributed by atoms with Crippen molar-refractivity contribution in [2.75, 3.05) is 18.0 Å². The van der Waals surface area contributed by atoms with E-state index in [4.69, 9.17) is 16.6 Å². The molecule has 2 nitrogen and oxygen atoms in total. The lowest BCUT2D eigenvalue weighted by molar-refractivity contribution is 0.521. The van der Waals surface area contributed by atoms with E-state index in [0.717, 1.165) is 30.4 Å². The average molecular weight is 289 g/mol. The number of benzene rings is 1. The molecule has 0 radical (unpaired) electrons. The molecular formula is C17H21ClN2. The van der Waals surface area contributed by atoms with Gasteiger partial charge in [0.15, 0.2) is 0 Å². The standard InChI is InChI=1S/C17H21ClN2/c1-13-5-4-9-20(10-8-13)17-16-7-3-2-6-15(16)14(11-18)12-19-17/h2-3,6-7,12-13H,4-5,8-11H2,1H3. The second-order valence-electron chi connectivity index (χ2n) is 5.81. The van der Waals surface area contributed by atoms with Crippen molar-refractivity contribution < 1.29 is 0 Å². The third kappa shape index (κ3) is 2.62. The van der Waals surface area contributed by atoms with Crippen molar-refractivity contribution in [3.63, 3.8) is 0 Å². The molecule has 1 fully saturated rings. The van der Waals surface area contributed by atoms with Gasteiger partial charge < -0.3 is 4.90 Å². The van der Waals surface area contributed by atoms with Crippen LogP contribution in [0.3, 0.4) is 0 Å². The van der Waals surface area contributed by atoms with Crippen LogP contribution in [0, 0.1) is 5.92 Å². The van der Waals surface area contributed by atoms with Crippen LogP contribution in [0.5, 0.6) is 0 Å². The first-order valence-corrected chi connectivity index (χ1v) is 8.00. The molecule has 2 heterocycles. The molecule has 1 aliphatic rings. The normalized spacial score (nSPS) is 20.1. The number of pyridine rings is 1. The van der Waals surface area contributed by atoms with Crippen molar-refractivity contribution in [3.05, 3.63) is 36.0 Å². The van der Waals surface area contributed by atoms with E-state index < -0.39 is 0 Å². The van der Waals surface area contributed by atoms with E-state index >= 15 is 0 Å². The lowest BCUT2D eigenvalue weighted by atomic mass is 10.0. The van der Waals surface area contributed by atoms with Crippen LogP contribution in [-0.2, 0) is 5.88 Å². The summed E-state index contributed by atoms with van der Waals surface area (Å²) in [6, 6.07) is 8.49. The molecule has 0 spiro atoms. The molecule has 1 aromatic carbocycles. The number of aromatic nitrogens is 1. The van der Waals surface area contributed by atoms with Crippen molar-refractivity contribution >= 4 is 28.2 Å². The summed E-state index contributed by atoms with van der Waals surface area (Å²) < 4.78 is 0. The fourth-order valence-corrected chi connectivity index (χ4v) is 3.28. The van der Waals surface area contributed by atoms with E-state index in [-0.39, 0.29) is 0 Å². The molecule has 0 N–H and O–H groups in total. The largest absolute Gasteiger partial charge is 0.356 e. The second-order valence-corrected chi connectivity index (χ2v) is 6.08. The number of fused-ring (bicyclic) bond motifs is 1. The molecule has 3 heteroatoms. The monoisotopic (exact) mass is 288 g/mol. The summed E-state index contributed by atoms with van der Waals surface area (Å²) in [5.41, 5.74) is 1.12. The summed E-state index contributed by atoms with van der Waals surface area (Å²) in [6.07, 6.45) is 5.79. The first kappa shape index (κ1) is 13.7. The molecule has 1 atom stereocenters. The van der Waals surface area contributed by atoms with Crippen molar-refractivity contribution in [2.24, 2.45) is 5.92 Å². The maximum absolute atomic E-state index is 6.04. The minimum absolute atomic E-state index is 0.519. The number of anilines is 1. The molecule has 0 aliphatic carbocycles. The topological polar surface area (TPSA) is 16.1 Å². The molecule has 1 unspecified atom stereocenters. The molecule has 3 rings (SSSR count). The van der Waals surface area contributed by atoms with Gasteiger partial charge in [0.05, 0.1) is 0 Å². The fourth-order valence-electron chi connectivity index (χ4n) is 3.07. The van der Waals surface area contributed by atoms with Gasteiger partial charge in [-0.1, -0.05) is 31.2 Å². The molecular weight excluding hydrogens is 268 g/mol. The maximum atomic E-state index is 6.04. The highest BCUT2D eigenvalue weighted by atomic mass is 35.5. The van der Waals surface area contributed by atoms with Crippen LogP contribution >= 0.6 is 11.6 Å². The number of hydrogen-bond acceptors (Lipinski definition) is 2. The third-order valence-electron chi connectivity index (χ3n) is 4.32. The van der Waals surface area contributed by atoms with Gasteiger partial charge in [0, 0.05) is 30.6 Å². The van der Waals surface area contributed by atoms with Gasteiger partial charge in [-0.3, -0.25) is 0 Å². The summed E-state index contributed by atoms with van der Waals surface area (Å²) in [5, 5.41) is 2.48. The Balaban J connectivity index is 2.03. The third-order valence-corrected chi connectivity index (χ3v) is 4.60. The van der Waals surface area contributed by atoms with E-state index in [9.17, 15) is 0 Å². The van der Waals surface area contributed by atoms with Gasteiger partial charge >= 0.3 is 0 Å². The van der Waals surface area contributed by atoms with Gasteiger partial charge in [0.25, 0.3) is 0 Å². The summed E-state index contributed by atoms with van der Waals surface area (Å²) >= 11 is 6.04. The number of hydrogen-bond donors (Lipinski definition) is 0. The van der Waals surface area contributed by atoms with Crippen LogP contribution < -0.4 is 4.90 Å². The Kier molecular flexibility index (Phi) is 4.11. The highest BCUT2D eigenvalue weighted by molar-refractivity contribution is 6.18. The summed E-state index contributed by atoms with van der Waals surface area (Å²) in [7, 11) is 0. The Labute approximate surface area is 125 Å². The number of alkyl halides is 1. The van der Waals surface area contributed by atoms with Crippen LogP contribution in [-0.4, -0.2) is 18.1 Å². The summed E-state index contributed by atoms with van der Waals surface area (Å²) in [5.74, 6) is 2.47. The Morgan fingerprint density at radius 3 is 2.80 bits per heavy atom. The van der Waals surface area contributed by atoms with Crippen molar-refractivity contribution in [2.45, 2.75) is 32.1 Å². The smallest absolute Gasteiger partial charge is 0.136 e. The zero-order valence-corrected chi connectivity index (χ0v) is 12.7. The number of rotatable bonds is 2. The van der Waals surface area contributed by atoms with Crippen molar-refractivity contribution in [1.82, 2.24) is 4.98 Å². The van der Waals surface area contributed by atoms with Gasteiger partial charge in [0.2, 0.25) is 0 Å². The predicted octanol–water partition coefficient (Wildman–Crippen LogP) is 4.60. The van der Waals surface area contributed by atoms with Crippen LogP contribution in [0.2, 0.25) is 0 Å². The highest BCUT2D eigenvalue weighted by Crippen LogP contribution is 2.30. The van der Waals surface area contributed by atoms with Crippen LogP contribution in [0.1, 0.15) is 31.7 Å². The molecule has 106 valence electrons. The highest BCUT2D eigenvalue weighted by Gasteiger charge is 2.17. The Morgan fingerprint density at radius 2 is 2.00 bits per heavy atom. The molecule has 2 aromatic rings. The second kappa shape index (κ2) is 6.01. The fraction of sp³-hybridized carbons (Fsp3) is 0.471. The van der Waals surface area contributed by atoms with Gasteiger partial charge in [-0.15, -0.1) is 11.6 Å². The van der Waals surface area contributed by atoms with Gasteiger partial charge in [-0.05, 0) is 36.1 Å². The zero-order chi connectivity index (χ0) is 13.9. The lowest BCUT2D eigenvalue weighted by Crippen LogP contribution is -2.25. The van der Waals surface area contributed by atoms with E-state index in [2.05, 4.69) is 36.1 Å². The van der Waals surface area contributed by atoms with Crippen molar-refractivity contribution in [1.29, 1.82) is 0 Å². The Morgan fingerprint density at radius 1 is 1.20 bits per heavy atom. The predicted molar refractivity (Wildman–Crippen MR) is 86.5 cm³/mol. The van der Waals surface area contributed by atoms with Gasteiger partial charge in [-0.2, -0.15) is 0 Å². The molecule has 0 saturated carbocycles. The quantitative estimate of drug-likeness (QED) is 0.751. The Bertz CT molecular complexity index is 597. The van der Waals surface area contributed by atoms with Crippen LogP contribution in [0.4, 0.5) is 5.82 Å². The summed E-state index contributed by atoms with van der Waals surface area (Å²) in [6.45, 7) is 4.57. The van der Waals surface area contributed by atoms with Crippen molar-refractivity contribution in [3.8, 4) is 0 Å². The van der Waals surface area contributed by atoms with Gasteiger partial charge in [0.1, 0.15) is 5.82 Å². The van der Waals surface area contributed by atoms with Crippen LogP contribution in [0.15, 0.2) is 30.5 Å². The molecule has 1 saturated heterocycles. The maximum Gasteiger partial charge on any atom is 0.136 e. The van der Waals surface area contributed by atoms with E-state index in [0.29, 0.717) is 5.88 Å². The van der Waals surface area contributed by atoms with E-state index in [1.165, 1.54) is 30.0 Å². The molecule has 1 aromatic heterocycles. The number of halogens is 1. The Hall–Kier alpha value is -1.28. The first-order chi connectivity index (χ1) is 9.79. The van der Waals surface area contributed by atoms with Gasteiger partial charge in [-0.25, -0.2) is 4.98 Å². The zero-order valence-electron chi connectivity index (χ0n) is 12.0. The SMILES string of the molecule is CC1CCCN(c2ncc(CCl)c3ccccc23)CC1. The molecule has 20 heavy (non-hydrogen) atoms. The molecule has 0 amide bonds. The minimum Gasteiger partial charge on any atom is -0.356 e. The van der Waals surface area contributed by atoms with Crippen LogP contribution in [0.25, 0.3) is 10.8 Å². The van der Waals surface area contributed by atoms with E-state index in [1.807, 2.05) is 6.20 Å². The minimum atomic E-state index is 0.519. The van der Waals surface area contributed by atoms with E-state index in [1.54, 1.807) is 0 Å². The first-order valence-electron chi connectivity index (χ1n) is 7.47. The molecule has 1 aliphatic heterocycles. The lowest BCUT2D eigenvalue weighted by Gasteiger charge is -2.23.